The Labute approximate surface area is 234 Å². The lowest BCUT2D eigenvalue weighted by molar-refractivity contribution is -0.140. The second-order valence-corrected chi connectivity index (χ2v) is 9.33. The van der Waals surface area contributed by atoms with Crippen molar-refractivity contribution in [1.29, 1.82) is 0 Å². The number of hydrogen-bond acceptors (Lipinski definition) is 6. The number of carbonyl (C=O) groups is 1. The van der Waals surface area contributed by atoms with E-state index in [-0.39, 0.29) is 46.0 Å². The molecule has 0 aliphatic heterocycles. The van der Waals surface area contributed by atoms with Crippen molar-refractivity contribution in [2.45, 2.75) is 60.1 Å². The van der Waals surface area contributed by atoms with Crippen LogP contribution in [-0.4, -0.2) is 36.6 Å². The number of carbonyl (C=O) groups excluding carboxylic acids is 1. The Hall–Kier alpha value is -3.83. The van der Waals surface area contributed by atoms with Gasteiger partial charge in [-0.3, -0.25) is 18.7 Å². The van der Waals surface area contributed by atoms with Crippen LogP contribution in [0.4, 0.5) is 8.78 Å². The summed E-state index contributed by atoms with van der Waals surface area (Å²) in [6, 6.07) is 6.53. The highest BCUT2D eigenvalue weighted by atomic mass is 35.5. The van der Waals surface area contributed by atoms with Crippen LogP contribution in [0.25, 0.3) is 22.1 Å². The molecule has 0 radical (unpaired) electrons. The summed E-state index contributed by atoms with van der Waals surface area (Å²) in [5.74, 6) is -1.74. The minimum absolute atomic E-state index is 0.0173. The zero-order valence-electron chi connectivity index (χ0n) is 22.9. The molecule has 0 saturated carbocycles. The number of nitrogens with zero attached hydrogens (tertiary/aromatic N) is 4. The van der Waals surface area contributed by atoms with E-state index >= 15 is 4.39 Å². The summed E-state index contributed by atoms with van der Waals surface area (Å²) >= 11 is 6.21. The predicted octanol–water partition coefficient (Wildman–Crippen LogP) is 4.86. The van der Waals surface area contributed by atoms with E-state index in [2.05, 4.69) is 9.84 Å². The highest BCUT2D eigenvalue weighted by molar-refractivity contribution is 6.32. The molecule has 0 amide bonds. The summed E-state index contributed by atoms with van der Waals surface area (Å²) in [6.07, 6.45) is 2.20. The van der Waals surface area contributed by atoms with Crippen molar-refractivity contribution in [2.24, 2.45) is 0 Å². The molecule has 2 aromatic carbocycles. The Kier molecular flexibility index (Phi) is 9.99. The molecule has 9 nitrogen and oxygen atoms in total. The summed E-state index contributed by atoms with van der Waals surface area (Å²) in [4.78, 5) is 36.0. The van der Waals surface area contributed by atoms with E-state index in [1.54, 1.807) is 13.8 Å². The maximum absolute atomic E-state index is 15.3. The van der Waals surface area contributed by atoms with Crippen molar-refractivity contribution in [3.8, 4) is 11.4 Å². The fourth-order valence-corrected chi connectivity index (χ4v) is 4.52. The van der Waals surface area contributed by atoms with Crippen LogP contribution in [-0.2, 0) is 22.7 Å². The number of pyridine rings is 1. The van der Waals surface area contributed by atoms with Gasteiger partial charge in [0.25, 0.3) is 5.56 Å². The average molecular weight is 577 g/mol. The van der Waals surface area contributed by atoms with E-state index in [0.717, 1.165) is 15.3 Å². The number of benzene rings is 2. The number of aliphatic hydroxyl groups is 1. The van der Waals surface area contributed by atoms with Crippen LogP contribution in [0.2, 0.25) is 5.02 Å². The van der Waals surface area contributed by atoms with Gasteiger partial charge >= 0.3 is 11.7 Å². The first kappa shape index (κ1) is 30.7. The fourth-order valence-electron chi connectivity index (χ4n) is 4.27. The van der Waals surface area contributed by atoms with Crippen LogP contribution in [0, 0.1) is 11.6 Å². The molecule has 4 rings (SSSR count). The number of para-hydroxylation sites is 1. The number of rotatable bonds is 7. The second-order valence-electron chi connectivity index (χ2n) is 8.93. The molecule has 12 heteroatoms. The third-order valence-corrected chi connectivity index (χ3v) is 6.71. The van der Waals surface area contributed by atoms with Crippen molar-refractivity contribution in [1.82, 2.24) is 18.9 Å². The lowest BCUT2D eigenvalue weighted by Gasteiger charge is -2.18. The number of esters is 1. The molecule has 0 fully saturated rings. The SMILES string of the molecule is CCC(C)c1cn(-c2c(F)cccc2Cl)c(=O)c2cc(F)c(-n3nc(CO)n(CC)c3=O)cc12.CCOC(C)=O. The quantitative estimate of drug-likeness (QED) is 0.315. The number of halogens is 3. The summed E-state index contributed by atoms with van der Waals surface area (Å²) in [6.45, 7) is 9.00. The lowest BCUT2D eigenvalue weighted by Crippen LogP contribution is -2.25. The molecule has 0 aliphatic rings. The Balaban J connectivity index is 0.000000663. The minimum Gasteiger partial charge on any atom is -0.466 e. The molecule has 40 heavy (non-hydrogen) atoms. The fraction of sp³-hybridized carbons (Fsp3) is 0.357. The zero-order valence-corrected chi connectivity index (χ0v) is 23.6. The van der Waals surface area contributed by atoms with Gasteiger partial charge in [0.15, 0.2) is 5.82 Å². The molecular formula is C28H31ClF2N4O5. The highest BCUT2D eigenvalue weighted by Crippen LogP contribution is 2.31. The van der Waals surface area contributed by atoms with Crippen molar-refractivity contribution in [3.05, 3.63) is 85.4 Å². The number of ether oxygens (including phenoxy) is 1. The highest BCUT2D eigenvalue weighted by Gasteiger charge is 2.22. The van der Waals surface area contributed by atoms with Crippen LogP contribution < -0.4 is 11.2 Å². The lowest BCUT2D eigenvalue weighted by atomic mass is 9.94. The second kappa shape index (κ2) is 13.0. The van der Waals surface area contributed by atoms with Gasteiger partial charge in [-0.05, 0) is 61.4 Å². The molecule has 0 saturated heterocycles. The van der Waals surface area contributed by atoms with Gasteiger partial charge < -0.3 is 9.84 Å². The van der Waals surface area contributed by atoms with Gasteiger partial charge in [0.2, 0.25) is 0 Å². The van der Waals surface area contributed by atoms with Gasteiger partial charge in [-0.25, -0.2) is 13.6 Å². The van der Waals surface area contributed by atoms with Gasteiger partial charge in [0, 0.05) is 19.7 Å². The van der Waals surface area contributed by atoms with Crippen molar-refractivity contribution in [2.75, 3.05) is 6.61 Å². The smallest absolute Gasteiger partial charge is 0.350 e. The molecule has 214 valence electrons. The van der Waals surface area contributed by atoms with Crippen LogP contribution in [0.3, 0.4) is 0 Å². The summed E-state index contributed by atoms with van der Waals surface area (Å²) in [7, 11) is 0. The maximum atomic E-state index is 15.3. The third kappa shape index (κ3) is 6.00. The average Bonchev–Trinajstić information content (AvgIpc) is 3.24. The van der Waals surface area contributed by atoms with Gasteiger partial charge in [-0.2, -0.15) is 4.68 Å². The Morgan fingerprint density at radius 3 is 2.33 bits per heavy atom. The first-order valence-corrected chi connectivity index (χ1v) is 13.1. The van der Waals surface area contributed by atoms with E-state index in [0.29, 0.717) is 24.0 Å². The van der Waals surface area contributed by atoms with Crippen molar-refractivity contribution < 1.29 is 23.4 Å². The molecule has 1 N–H and O–H groups in total. The van der Waals surface area contributed by atoms with Gasteiger partial charge in [0.1, 0.15) is 29.6 Å². The molecule has 4 aromatic rings. The van der Waals surface area contributed by atoms with Gasteiger partial charge in [0.05, 0.1) is 17.0 Å². The standard InChI is InChI=1S/C24H23ClF2N4O3.C4H8O2/c1-4-13(3)16-11-30(22-17(25)7-6-8-18(22)26)23(33)15-9-19(27)20(10-14(15)16)31-24(34)29(5-2)21(12-32)28-31;1-3-6-4(2)5/h6-11,13,32H,4-5,12H2,1-3H3;3H2,1-2H3. The van der Waals surface area contributed by atoms with Gasteiger partial charge in [-0.15, -0.1) is 5.10 Å². The van der Waals surface area contributed by atoms with E-state index in [9.17, 15) is 23.9 Å². The summed E-state index contributed by atoms with van der Waals surface area (Å²) in [5.41, 5.74) is -0.869. The van der Waals surface area contributed by atoms with E-state index in [4.69, 9.17) is 11.6 Å². The van der Waals surface area contributed by atoms with Crippen molar-refractivity contribution >= 4 is 28.3 Å². The first-order valence-electron chi connectivity index (χ1n) is 12.8. The number of fused-ring (bicyclic) bond motifs is 1. The first-order chi connectivity index (χ1) is 19.0. The summed E-state index contributed by atoms with van der Waals surface area (Å²) < 4.78 is 37.6. The molecule has 1 unspecified atom stereocenters. The Bertz CT molecular complexity index is 1640. The topological polar surface area (TPSA) is 108 Å². The van der Waals surface area contributed by atoms with E-state index < -0.39 is 29.5 Å². The molecule has 1 atom stereocenters. The predicted molar refractivity (Wildman–Crippen MR) is 148 cm³/mol. The minimum atomic E-state index is -0.857. The van der Waals surface area contributed by atoms with Crippen LogP contribution in [0.5, 0.6) is 0 Å². The van der Waals surface area contributed by atoms with E-state index in [1.807, 2.05) is 13.8 Å². The number of hydrogen-bond donors (Lipinski definition) is 1. The van der Waals surface area contributed by atoms with Crippen molar-refractivity contribution in [3.63, 3.8) is 0 Å². The molecule has 2 aromatic heterocycles. The monoisotopic (exact) mass is 576 g/mol. The third-order valence-electron chi connectivity index (χ3n) is 6.41. The Morgan fingerprint density at radius 2 is 1.82 bits per heavy atom. The normalized spacial score (nSPS) is 11.7. The van der Waals surface area contributed by atoms with E-state index in [1.165, 1.54) is 42.0 Å². The largest absolute Gasteiger partial charge is 0.466 e. The molecule has 2 heterocycles. The van der Waals surface area contributed by atoms with Crippen LogP contribution in [0.1, 0.15) is 58.3 Å². The zero-order chi connectivity index (χ0) is 29.7. The molecule has 0 bridgehead atoms. The summed E-state index contributed by atoms with van der Waals surface area (Å²) in [5, 5.41) is 14.1. The molecule has 0 spiro atoms. The number of aromatic nitrogens is 4. The van der Waals surface area contributed by atoms with Crippen LogP contribution >= 0.6 is 11.6 Å². The van der Waals surface area contributed by atoms with Crippen LogP contribution in [0.15, 0.2) is 46.1 Å². The molecule has 0 aliphatic carbocycles. The van der Waals surface area contributed by atoms with Gasteiger partial charge in [-0.1, -0.05) is 31.5 Å². The Morgan fingerprint density at radius 1 is 1.12 bits per heavy atom. The molecular weight excluding hydrogens is 546 g/mol. The maximum Gasteiger partial charge on any atom is 0.350 e. The number of aliphatic hydroxyl groups excluding tert-OH is 1.